The van der Waals surface area contributed by atoms with Gasteiger partial charge in [-0.15, -0.1) is 0 Å². The van der Waals surface area contributed by atoms with Crippen molar-refractivity contribution < 1.29 is 29.3 Å². The first kappa shape index (κ1) is 22.4. The van der Waals surface area contributed by atoms with Crippen molar-refractivity contribution in [3.8, 4) is 11.1 Å². The van der Waals surface area contributed by atoms with Crippen molar-refractivity contribution in [2.75, 3.05) is 19.7 Å². The zero-order valence-electron chi connectivity index (χ0n) is 18.8. The second-order valence-corrected chi connectivity index (χ2v) is 9.64. The van der Waals surface area contributed by atoms with Gasteiger partial charge in [-0.1, -0.05) is 48.5 Å². The number of amides is 2. The molecule has 3 aliphatic rings. The number of aliphatic hydroxyl groups is 1. The van der Waals surface area contributed by atoms with Crippen molar-refractivity contribution in [2.45, 2.75) is 43.2 Å². The number of ether oxygens (including phenoxy) is 1. The molecule has 178 valence electrons. The Bertz CT molecular complexity index is 1080. The lowest BCUT2D eigenvalue weighted by Gasteiger charge is -2.43. The summed E-state index contributed by atoms with van der Waals surface area (Å²) >= 11 is 0. The largest absolute Gasteiger partial charge is 0.479 e. The average Bonchev–Trinajstić information content (AvgIpc) is 3.37. The predicted octanol–water partition coefficient (Wildman–Crippen LogP) is 2.74. The number of aliphatic carboxylic acids is 1. The molecule has 34 heavy (non-hydrogen) atoms. The fourth-order valence-electron chi connectivity index (χ4n) is 5.47. The van der Waals surface area contributed by atoms with Crippen LogP contribution in [0.1, 0.15) is 42.7 Å². The normalized spacial score (nSPS) is 22.4. The molecule has 1 saturated heterocycles. The summed E-state index contributed by atoms with van der Waals surface area (Å²) in [7, 11) is 0. The van der Waals surface area contributed by atoms with Gasteiger partial charge in [0.1, 0.15) is 6.61 Å². The first-order chi connectivity index (χ1) is 16.3. The fourth-order valence-corrected chi connectivity index (χ4v) is 5.47. The Morgan fingerprint density at radius 2 is 1.62 bits per heavy atom. The van der Waals surface area contributed by atoms with E-state index in [2.05, 4.69) is 29.6 Å². The Hall–Kier alpha value is -3.39. The Morgan fingerprint density at radius 3 is 2.24 bits per heavy atom. The van der Waals surface area contributed by atoms with E-state index in [1.165, 1.54) is 16.0 Å². The summed E-state index contributed by atoms with van der Waals surface area (Å²) in [6, 6.07) is 16.3. The molecule has 0 unspecified atom stereocenters. The van der Waals surface area contributed by atoms with Crippen LogP contribution in [0.3, 0.4) is 0 Å². The van der Waals surface area contributed by atoms with E-state index in [4.69, 9.17) is 9.84 Å². The van der Waals surface area contributed by atoms with Gasteiger partial charge in [0.05, 0.1) is 13.1 Å². The van der Waals surface area contributed by atoms with Crippen molar-refractivity contribution in [1.82, 2.24) is 10.2 Å². The lowest BCUT2D eigenvalue weighted by atomic mass is 9.92. The van der Waals surface area contributed by atoms with Gasteiger partial charge in [0.2, 0.25) is 5.91 Å². The molecule has 1 aliphatic heterocycles. The van der Waals surface area contributed by atoms with Gasteiger partial charge in [-0.05, 0) is 47.4 Å². The maximum absolute atomic E-state index is 12.5. The Morgan fingerprint density at radius 1 is 1.00 bits per heavy atom. The summed E-state index contributed by atoms with van der Waals surface area (Å²) in [5.41, 5.74) is 2.87. The average molecular weight is 465 g/mol. The summed E-state index contributed by atoms with van der Waals surface area (Å²) in [6.45, 7) is -0.0828. The first-order valence-electron chi connectivity index (χ1n) is 11.7. The molecule has 2 aromatic rings. The van der Waals surface area contributed by atoms with Crippen LogP contribution in [0, 0.1) is 5.92 Å². The van der Waals surface area contributed by atoms with Gasteiger partial charge in [0, 0.05) is 18.4 Å². The number of nitrogens with one attached hydrogen (secondary N) is 1. The third-order valence-corrected chi connectivity index (χ3v) is 7.33. The van der Waals surface area contributed by atoms with Gasteiger partial charge >= 0.3 is 12.1 Å². The molecule has 2 fully saturated rings. The number of β-amino-alcohol motifs (C(OH)–C–C–N with tert-alkyl or cyclic N) is 1. The monoisotopic (exact) mass is 464 g/mol. The smallest absolute Gasteiger partial charge is 0.407 e. The maximum Gasteiger partial charge on any atom is 0.407 e. The number of carbonyl (C=O) groups is 3. The maximum atomic E-state index is 12.5. The first-order valence-corrected chi connectivity index (χ1v) is 11.7. The molecule has 2 atom stereocenters. The molecule has 1 heterocycles. The second-order valence-electron chi connectivity index (χ2n) is 9.64. The highest BCUT2D eigenvalue weighted by molar-refractivity contribution is 5.85. The molecule has 2 aliphatic carbocycles. The van der Waals surface area contributed by atoms with Gasteiger partial charge in [-0.25, -0.2) is 9.59 Å². The molecule has 1 saturated carbocycles. The summed E-state index contributed by atoms with van der Waals surface area (Å²) in [5.74, 6) is -1.33. The van der Waals surface area contributed by atoms with E-state index < -0.39 is 17.7 Å². The molecular weight excluding hydrogens is 436 g/mol. The zero-order valence-corrected chi connectivity index (χ0v) is 18.8. The second kappa shape index (κ2) is 8.76. The minimum atomic E-state index is -1.82. The third kappa shape index (κ3) is 4.14. The minimum absolute atomic E-state index is 0.00747. The number of alkyl carbamates (subject to hydrolysis) is 1. The molecule has 0 radical (unpaired) electrons. The molecular formula is C26H28N2O6. The van der Waals surface area contributed by atoms with Crippen LogP contribution in [-0.4, -0.2) is 64.4 Å². The quantitative estimate of drug-likeness (QED) is 0.605. The number of hydrogen-bond donors (Lipinski definition) is 3. The predicted molar refractivity (Wildman–Crippen MR) is 123 cm³/mol. The Labute approximate surface area is 197 Å². The number of benzene rings is 2. The van der Waals surface area contributed by atoms with E-state index in [9.17, 15) is 19.5 Å². The summed E-state index contributed by atoms with van der Waals surface area (Å²) in [5, 5.41) is 21.7. The number of rotatable bonds is 6. The van der Waals surface area contributed by atoms with E-state index in [0.717, 1.165) is 24.0 Å². The van der Waals surface area contributed by atoms with Gasteiger partial charge in [0.25, 0.3) is 0 Å². The zero-order chi connectivity index (χ0) is 23.9. The van der Waals surface area contributed by atoms with Crippen LogP contribution < -0.4 is 5.32 Å². The van der Waals surface area contributed by atoms with Crippen LogP contribution in [-0.2, 0) is 14.3 Å². The fraction of sp³-hybridized carbons (Fsp3) is 0.423. The van der Waals surface area contributed by atoms with Crippen LogP contribution in [0.25, 0.3) is 11.1 Å². The van der Waals surface area contributed by atoms with Crippen LogP contribution in [0.4, 0.5) is 4.79 Å². The molecule has 3 N–H and O–H groups in total. The van der Waals surface area contributed by atoms with E-state index in [1.54, 1.807) is 0 Å². The minimum Gasteiger partial charge on any atom is -0.479 e. The number of carbonyl (C=O) groups excluding carboxylic acids is 2. The molecule has 5 rings (SSSR count). The Kier molecular flexibility index (Phi) is 5.77. The number of carboxylic acid groups (broad SMARTS) is 1. The third-order valence-electron chi connectivity index (χ3n) is 7.33. The highest BCUT2D eigenvalue weighted by Crippen LogP contribution is 2.44. The molecule has 8 heteroatoms. The number of fused-ring (bicyclic) bond motifs is 3. The standard InChI is InChI=1S/C26H28N2O6/c29-23(28-14-26(33,15-28)24(30)31)12-16-9-10-17(11-16)27-25(32)34-13-22-20-7-3-1-5-18(20)19-6-2-4-8-21(19)22/h1-8,16-17,22,33H,9-15H2,(H,27,32)(H,30,31)/t16-,17+/m0/s1. The van der Waals surface area contributed by atoms with Crippen molar-refractivity contribution in [3.63, 3.8) is 0 Å². The van der Waals surface area contributed by atoms with Crippen molar-refractivity contribution in [2.24, 2.45) is 5.92 Å². The van der Waals surface area contributed by atoms with Crippen LogP contribution in [0.2, 0.25) is 0 Å². The number of nitrogens with zero attached hydrogens (tertiary/aromatic N) is 1. The van der Waals surface area contributed by atoms with E-state index in [-0.39, 0.29) is 43.5 Å². The SMILES string of the molecule is O=C(N[C@@H]1CC[C@H](CC(=O)N2CC(O)(C(=O)O)C2)C1)OCC1c2ccccc2-c2ccccc21. The van der Waals surface area contributed by atoms with Crippen molar-refractivity contribution in [3.05, 3.63) is 59.7 Å². The number of likely N-dealkylation sites (tertiary alicyclic amines) is 1. The van der Waals surface area contributed by atoms with Gasteiger partial charge in [-0.3, -0.25) is 4.79 Å². The molecule has 2 amide bonds. The highest BCUT2D eigenvalue weighted by Gasteiger charge is 2.50. The number of carboxylic acids is 1. The molecule has 2 aromatic carbocycles. The van der Waals surface area contributed by atoms with Crippen LogP contribution >= 0.6 is 0 Å². The lowest BCUT2D eigenvalue weighted by molar-refractivity contribution is -0.182. The lowest BCUT2D eigenvalue weighted by Crippen LogP contribution is -2.67. The highest BCUT2D eigenvalue weighted by atomic mass is 16.5. The molecule has 0 spiro atoms. The van der Waals surface area contributed by atoms with Crippen molar-refractivity contribution >= 4 is 18.0 Å². The molecule has 0 bridgehead atoms. The van der Waals surface area contributed by atoms with E-state index >= 15 is 0 Å². The van der Waals surface area contributed by atoms with Gasteiger partial charge in [0.15, 0.2) is 5.60 Å². The summed E-state index contributed by atoms with van der Waals surface area (Å²) < 4.78 is 5.62. The van der Waals surface area contributed by atoms with E-state index in [0.29, 0.717) is 12.8 Å². The molecule has 0 aromatic heterocycles. The number of hydrogen-bond acceptors (Lipinski definition) is 5. The molecule has 8 nitrogen and oxygen atoms in total. The van der Waals surface area contributed by atoms with Gasteiger partial charge in [-0.2, -0.15) is 0 Å². The topological polar surface area (TPSA) is 116 Å². The van der Waals surface area contributed by atoms with Gasteiger partial charge < -0.3 is 25.2 Å². The van der Waals surface area contributed by atoms with Crippen LogP contribution in [0.15, 0.2) is 48.5 Å². The van der Waals surface area contributed by atoms with Crippen molar-refractivity contribution in [1.29, 1.82) is 0 Å². The summed E-state index contributed by atoms with van der Waals surface area (Å²) in [6.07, 6.45) is 2.08. The Balaban J connectivity index is 1.09. The summed E-state index contributed by atoms with van der Waals surface area (Å²) in [4.78, 5) is 37.3. The van der Waals surface area contributed by atoms with E-state index in [1.807, 2.05) is 24.3 Å². The van der Waals surface area contributed by atoms with Crippen LogP contribution in [0.5, 0.6) is 0 Å².